The van der Waals surface area contributed by atoms with Crippen molar-refractivity contribution >= 4 is 47.2 Å². The third kappa shape index (κ3) is 6.93. The normalized spacial score (nSPS) is 10.8. The molecule has 0 aliphatic rings. The zero-order valence-corrected chi connectivity index (χ0v) is 19.7. The molecule has 1 aromatic heterocycles. The predicted octanol–water partition coefficient (Wildman–Crippen LogP) is 3.03. The molecular weight excluding hydrogens is 491 g/mol. The summed E-state index contributed by atoms with van der Waals surface area (Å²) in [6.45, 7) is 3.39. The Morgan fingerprint density at radius 3 is 2.68 bits per heavy atom. The van der Waals surface area contributed by atoms with Crippen molar-refractivity contribution < 1.29 is 14.3 Å². The van der Waals surface area contributed by atoms with Crippen molar-refractivity contribution in [3.63, 3.8) is 0 Å². The van der Waals surface area contributed by atoms with Gasteiger partial charge in [-0.25, -0.2) is 9.78 Å². The Kier molecular flexibility index (Phi) is 10.8. The average Bonchev–Trinajstić information content (AvgIpc) is 3.17. The first-order valence-electron chi connectivity index (χ1n) is 8.74. The van der Waals surface area contributed by atoms with Crippen LogP contribution in [0, 0.1) is 0 Å². The molecule has 9 heteroatoms. The molecule has 0 aliphatic carbocycles. The molecule has 28 heavy (non-hydrogen) atoms. The van der Waals surface area contributed by atoms with Gasteiger partial charge in [-0.05, 0) is 24.1 Å². The quantitative estimate of drug-likeness (QED) is 0.242. The molecule has 7 nitrogen and oxygen atoms in total. The van der Waals surface area contributed by atoms with Gasteiger partial charge in [-0.3, -0.25) is 4.99 Å². The molecule has 0 unspecified atom stereocenters. The number of halogens is 1. The van der Waals surface area contributed by atoms with Crippen LogP contribution in [0.3, 0.4) is 0 Å². The van der Waals surface area contributed by atoms with Gasteiger partial charge in [-0.1, -0.05) is 13.0 Å². The maximum absolute atomic E-state index is 11.9. The number of nitrogens with zero attached hydrogens (tertiary/aromatic N) is 2. The molecule has 0 saturated carbocycles. The summed E-state index contributed by atoms with van der Waals surface area (Å²) in [5, 5.41) is 7.63. The number of rotatable bonds is 8. The van der Waals surface area contributed by atoms with Crippen LogP contribution < -0.4 is 15.4 Å². The fraction of sp³-hybridized carbons (Fsp3) is 0.421. The van der Waals surface area contributed by atoms with Gasteiger partial charge in [0, 0.05) is 37.6 Å². The van der Waals surface area contributed by atoms with Gasteiger partial charge in [0.05, 0.1) is 19.2 Å². The number of hydrogen-bond acceptors (Lipinski definition) is 6. The van der Waals surface area contributed by atoms with Gasteiger partial charge in [0.25, 0.3) is 0 Å². The number of carbonyl (C=O) groups is 1. The number of ether oxygens (including phenoxy) is 2. The SMILES string of the molecule is CCc1cnc(CCNC(=NC)NCc2ccc(OC)c(C(=O)OC)c2)s1.I. The number of nitrogens with one attached hydrogen (secondary N) is 2. The summed E-state index contributed by atoms with van der Waals surface area (Å²) >= 11 is 1.75. The van der Waals surface area contributed by atoms with Crippen molar-refractivity contribution in [3.8, 4) is 5.75 Å². The molecular formula is C19H27IN4O3S. The number of guanidine groups is 1. The Morgan fingerprint density at radius 1 is 1.29 bits per heavy atom. The Bertz CT molecular complexity index is 795. The summed E-state index contributed by atoms with van der Waals surface area (Å²) < 4.78 is 10.0. The van der Waals surface area contributed by atoms with Crippen LogP contribution in [0.1, 0.15) is 32.7 Å². The van der Waals surface area contributed by atoms with E-state index in [0.29, 0.717) is 23.8 Å². The third-order valence-electron chi connectivity index (χ3n) is 3.93. The van der Waals surface area contributed by atoms with E-state index in [4.69, 9.17) is 9.47 Å². The number of esters is 1. The molecule has 2 rings (SSSR count). The number of carbonyl (C=O) groups excluding carboxylic acids is 1. The van der Waals surface area contributed by atoms with Crippen LogP contribution >= 0.6 is 35.3 Å². The van der Waals surface area contributed by atoms with Crippen molar-refractivity contribution in [1.82, 2.24) is 15.6 Å². The van der Waals surface area contributed by atoms with Gasteiger partial charge >= 0.3 is 5.97 Å². The molecule has 2 N–H and O–H groups in total. The zero-order chi connectivity index (χ0) is 19.6. The minimum absolute atomic E-state index is 0. The van der Waals surface area contributed by atoms with Crippen molar-refractivity contribution in [2.24, 2.45) is 4.99 Å². The van der Waals surface area contributed by atoms with E-state index in [1.54, 1.807) is 30.5 Å². The van der Waals surface area contributed by atoms with E-state index in [-0.39, 0.29) is 24.0 Å². The molecule has 0 amide bonds. The molecule has 1 aromatic carbocycles. The highest BCUT2D eigenvalue weighted by atomic mass is 127. The third-order valence-corrected chi connectivity index (χ3v) is 5.14. The summed E-state index contributed by atoms with van der Waals surface area (Å²) in [4.78, 5) is 21.8. The van der Waals surface area contributed by atoms with E-state index in [1.165, 1.54) is 19.1 Å². The highest BCUT2D eigenvalue weighted by Gasteiger charge is 2.13. The topological polar surface area (TPSA) is 84.8 Å². The second-order valence-electron chi connectivity index (χ2n) is 5.70. The Morgan fingerprint density at radius 2 is 2.07 bits per heavy atom. The lowest BCUT2D eigenvalue weighted by molar-refractivity contribution is 0.0597. The summed E-state index contributed by atoms with van der Waals surface area (Å²) in [6, 6.07) is 5.41. The maximum atomic E-state index is 11.9. The molecule has 0 saturated heterocycles. The molecule has 0 aliphatic heterocycles. The highest BCUT2D eigenvalue weighted by molar-refractivity contribution is 14.0. The molecule has 154 valence electrons. The van der Waals surface area contributed by atoms with Gasteiger partial charge in [-0.15, -0.1) is 35.3 Å². The van der Waals surface area contributed by atoms with E-state index < -0.39 is 5.97 Å². The lowest BCUT2D eigenvalue weighted by Crippen LogP contribution is -2.37. The molecule has 2 aromatic rings. The average molecular weight is 518 g/mol. The van der Waals surface area contributed by atoms with Gasteiger partial charge in [0.15, 0.2) is 5.96 Å². The van der Waals surface area contributed by atoms with E-state index in [0.717, 1.165) is 30.0 Å². The first-order valence-corrected chi connectivity index (χ1v) is 9.56. The van der Waals surface area contributed by atoms with Gasteiger partial charge in [-0.2, -0.15) is 0 Å². The van der Waals surface area contributed by atoms with Crippen LogP contribution in [0.4, 0.5) is 0 Å². The zero-order valence-electron chi connectivity index (χ0n) is 16.6. The minimum Gasteiger partial charge on any atom is -0.496 e. The van der Waals surface area contributed by atoms with Crippen molar-refractivity contribution in [3.05, 3.63) is 45.4 Å². The van der Waals surface area contributed by atoms with Crippen LogP contribution in [0.15, 0.2) is 29.4 Å². The monoisotopic (exact) mass is 518 g/mol. The number of methoxy groups -OCH3 is 2. The fourth-order valence-electron chi connectivity index (χ4n) is 2.46. The van der Waals surface area contributed by atoms with Crippen LogP contribution in [0.25, 0.3) is 0 Å². The maximum Gasteiger partial charge on any atom is 0.341 e. The second kappa shape index (κ2) is 12.6. The van der Waals surface area contributed by atoms with E-state index in [9.17, 15) is 4.79 Å². The van der Waals surface area contributed by atoms with Crippen molar-refractivity contribution in [2.45, 2.75) is 26.3 Å². The van der Waals surface area contributed by atoms with Gasteiger partial charge < -0.3 is 20.1 Å². The summed E-state index contributed by atoms with van der Waals surface area (Å²) in [6.07, 6.45) is 3.81. The summed E-state index contributed by atoms with van der Waals surface area (Å²) in [5.41, 5.74) is 1.32. The van der Waals surface area contributed by atoms with Crippen molar-refractivity contribution in [2.75, 3.05) is 27.8 Å². The standard InChI is InChI=1S/C19H26N4O3S.HI/c1-5-14-12-22-17(27-14)8-9-21-19(20-2)23-11-13-6-7-16(25-3)15(10-13)18(24)26-4;/h6-7,10,12H,5,8-9,11H2,1-4H3,(H2,20,21,23);1H. The van der Waals surface area contributed by atoms with Crippen LogP contribution in [0.5, 0.6) is 5.75 Å². The van der Waals surface area contributed by atoms with E-state index >= 15 is 0 Å². The van der Waals surface area contributed by atoms with Gasteiger partial charge in [0.1, 0.15) is 11.3 Å². The largest absolute Gasteiger partial charge is 0.496 e. The number of aliphatic imine (C=N–C) groups is 1. The molecule has 0 bridgehead atoms. The molecule has 0 atom stereocenters. The van der Waals surface area contributed by atoms with Crippen LogP contribution in [-0.4, -0.2) is 44.7 Å². The van der Waals surface area contributed by atoms with E-state index in [1.807, 2.05) is 12.3 Å². The predicted molar refractivity (Wildman–Crippen MR) is 123 cm³/mol. The summed E-state index contributed by atoms with van der Waals surface area (Å²) in [5.74, 6) is 0.756. The first-order chi connectivity index (χ1) is 13.1. The lowest BCUT2D eigenvalue weighted by Gasteiger charge is -2.13. The molecule has 0 fully saturated rings. The van der Waals surface area contributed by atoms with Gasteiger partial charge in [0.2, 0.25) is 0 Å². The smallest absolute Gasteiger partial charge is 0.341 e. The summed E-state index contributed by atoms with van der Waals surface area (Å²) in [7, 11) is 4.60. The Hall–Kier alpha value is -1.88. The highest BCUT2D eigenvalue weighted by Crippen LogP contribution is 2.20. The lowest BCUT2D eigenvalue weighted by atomic mass is 10.1. The van der Waals surface area contributed by atoms with Crippen molar-refractivity contribution in [1.29, 1.82) is 0 Å². The van der Waals surface area contributed by atoms with E-state index in [2.05, 4.69) is 27.5 Å². The number of benzene rings is 1. The molecule has 0 spiro atoms. The van der Waals surface area contributed by atoms with Crippen LogP contribution in [-0.2, 0) is 24.1 Å². The molecule has 1 heterocycles. The first kappa shape index (κ1) is 24.2. The number of hydrogen-bond donors (Lipinski definition) is 2. The Labute approximate surface area is 187 Å². The van der Waals surface area contributed by atoms with Crippen LogP contribution in [0.2, 0.25) is 0 Å². The Balaban J connectivity index is 0.00000392. The second-order valence-corrected chi connectivity index (χ2v) is 6.90. The number of aryl methyl sites for hydroxylation is 1. The number of aromatic nitrogens is 1. The molecule has 0 radical (unpaired) electrons. The number of thiazole rings is 1. The fourth-order valence-corrected chi connectivity index (χ4v) is 3.32. The minimum atomic E-state index is -0.425.